The van der Waals surface area contributed by atoms with Gasteiger partial charge in [0.1, 0.15) is 10.5 Å². The van der Waals surface area contributed by atoms with Crippen molar-refractivity contribution in [1.29, 1.82) is 0 Å². The number of nitro groups is 2. The van der Waals surface area contributed by atoms with Gasteiger partial charge in [-0.15, -0.1) is 0 Å². The lowest BCUT2D eigenvalue weighted by Gasteiger charge is -2.06. The van der Waals surface area contributed by atoms with Gasteiger partial charge < -0.3 is 0 Å². The van der Waals surface area contributed by atoms with Crippen molar-refractivity contribution in [3.63, 3.8) is 0 Å². The molecule has 0 bridgehead atoms. The lowest BCUT2D eigenvalue weighted by molar-refractivity contribution is -0.396. The van der Waals surface area contributed by atoms with Crippen LogP contribution in [0.2, 0.25) is 0 Å². The molecule has 0 aliphatic heterocycles. The van der Waals surface area contributed by atoms with Gasteiger partial charge in [0.15, 0.2) is 0 Å². The second-order valence-corrected chi connectivity index (χ2v) is 4.87. The maximum Gasteiger partial charge on any atom is 0.295 e. The number of rotatable bonds is 3. The predicted octanol–water partition coefficient (Wildman–Crippen LogP) is 1.37. The van der Waals surface area contributed by atoms with Crippen LogP contribution >= 0.6 is 0 Å². The third-order valence-electron chi connectivity index (χ3n) is 2.39. The summed E-state index contributed by atoms with van der Waals surface area (Å²) in [4.78, 5) is 18.8. The van der Waals surface area contributed by atoms with Gasteiger partial charge in [-0.2, -0.15) is 8.42 Å². The van der Waals surface area contributed by atoms with Crippen molar-refractivity contribution in [2.24, 2.45) is 0 Å². The Labute approximate surface area is 101 Å². The van der Waals surface area contributed by atoms with Crippen molar-refractivity contribution in [3.8, 4) is 0 Å². The van der Waals surface area contributed by atoms with E-state index in [4.69, 9.17) is 4.55 Å². The van der Waals surface area contributed by atoms with Gasteiger partial charge in [-0.1, -0.05) is 0 Å². The minimum absolute atomic E-state index is 0.269. The molecule has 0 aromatic heterocycles. The third-order valence-corrected chi connectivity index (χ3v) is 3.37. The quantitative estimate of drug-likeness (QED) is 0.499. The molecule has 0 spiro atoms. The van der Waals surface area contributed by atoms with Gasteiger partial charge in [-0.25, -0.2) is 0 Å². The van der Waals surface area contributed by atoms with Gasteiger partial charge in [-0.05, 0) is 13.8 Å². The topological polar surface area (TPSA) is 141 Å². The first-order chi connectivity index (χ1) is 8.07. The zero-order chi connectivity index (χ0) is 14.2. The van der Waals surface area contributed by atoms with Crippen LogP contribution < -0.4 is 0 Å². The second kappa shape index (κ2) is 4.31. The molecule has 0 heterocycles. The van der Waals surface area contributed by atoms with Crippen LogP contribution in [0.4, 0.5) is 11.4 Å². The summed E-state index contributed by atoms with van der Waals surface area (Å²) in [6, 6.07) is 0.604. The van der Waals surface area contributed by atoms with Gasteiger partial charge in [0, 0.05) is 11.6 Å². The van der Waals surface area contributed by atoms with Crippen molar-refractivity contribution < 1.29 is 22.8 Å². The molecule has 0 unspecified atom stereocenters. The number of hydrogen-bond acceptors (Lipinski definition) is 6. The first kappa shape index (κ1) is 14.0. The normalized spacial score (nSPS) is 11.3. The maximum atomic E-state index is 11.0. The summed E-state index contributed by atoms with van der Waals surface area (Å²) < 4.78 is 31.0. The number of benzene rings is 1. The fraction of sp³-hybridized carbons (Fsp3) is 0.250. The summed E-state index contributed by atoms with van der Waals surface area (Å²) >= 11 is 0. The highest BCUT2D eigenvalue weighted by Crippen LogP contribution is 2.35. The lowest BCUT2D eigenvalue weighted by atomic mass is 10.1. The Hall–Kier alpha value is -2.07. The summed E-state index contributed by atoms with van der Waals surface area (Å²) in [5, 5.41) is 21.5. The molecule has 0 fully saturated rings. The van der Waals surface area contributed by atoms with Crippen molar-refractivity contribution in [3.05, 3.63) is 37.4 Å². The second-order valence-electron chi connectivity index (χ2n) is 3.48. The molecular formula is C8H8N2O7S. The third kappa shape index (κ3) is 2.28. The van der Waals surface area contributed by atoms with E-state index in [2.05, 4.69) is 0 Å². The van der Waals surface area contributed by atoms with E-state index in [-0.39, 0.29) is 11.1 Å². The van der Waals surface area contributed by atoms with E-state index >= 15 is 0 Å². The minimum atomic E-state index is -4.77. The Morgan fingerprint density at radius 2 is 1.61 bits per heavy atom. The first-order valence-electron chi connectivity index (χ1n) is 4.47. The largest absolute Gasteiger partial charge is 0.295 e. The fourth-order valence-electron chi connectivity index (χ4n) is 1.59. The molecule has 0 aliphatic rings. The predicted molar refractivity (Wildman–Crippen MR) is 59.0 cm³/mol. The van der Waals surface area contributed by atoms with Crippen LogP contribution in [0.15, 0.2) is 11.0 Å². The van der Waals surface area contributed by atoms with Gasteiger partial charge in [0.2, 0.25) is 0 Å². The van der Waals surface area contributed by atoms with Crippen molar-refractivity contribution in [2.45, 2.75) is 18.7 Å². The van der Waals surface area contributed by atoms with Gasteiger partial charge in [0.25, 0.3) is 21.5 Å². The van der Waals surface area contributed by atoms with E-state index in [0.717, 1.165) is 13.8 Å². The molecule has 9 nitrogen and oxygen atoms in total. The van der Waals surface area contributed by atoms with Crippen LogP contribution in [0.1, 0.15) is 11.1 Å². The molecule has 1 aromatic rings. The molecule has 0 radical (unpaired) electrons. The van der Waals surface area contributed by atoms with Crippen molar-refractivity contribution in [1.82, 2.24) is 0 Å². The Morgan fingerprint density at radius 3 is 1.94 bits per heavy atom. The van der Waals surface area contributed by atoms with Crippen LogP contribution in [-0.2, 0) is 10.1 Å². The summed E-state index contributed by atoms with van der Waals surface area (Å²) in [6.07, 6.45) is 0. The Morgan fingerprint density at radius 1 is 1.11 bits per heavy atom. The summed E-state index contributed by atoms with van der Waals surface area (Å²) in [5.41, 5.74) is -2.04. The molecule has 0 aliphatic carbocycles. The van der Waals surface area contributed by atoms with E-state index in [1.807, 2.05) is 0 Å². The van der Waals surface area contributed by atoms with Crippen molar-refractivity contribution in [2.75, 3.05) is 0 Å². The van der Waals surface area contributed by atoms with Gasteiger partial charge >= 0.3 is 0 Å². The molecule has 18 heavy (non-hydrogen) atoms. The Balaban J connectivity index is 3.90. The SMILES string of the molecule is Cc1c([N+](=O)[O-])cc(S(=O)(=O)O)c(C)c1[N+](=O)[O-]. The van der Waals surface area contributed by atoms with E-state index < -0.39 is 36.2 Å². The molecule has 10 heteroatoms. The average Bonchev–Trinajstić information content (AvgIpc) is 2.13. The number of nitro benzene ring substituents is 2. The molecule has 0 saturated carbocycles. The van der Waals surface area contributed by atoms with E-state index in [1.54, 1.807) is 0 Å². The standard InChI is InChI=1S/C8H8N2O7S/c1-4-6(9(11)12)3-7(18(15,16)17)5(2)8(4)10(13)14/h3H,1-2H3,(H,15,16,17). The number of nitrogens with zero attached hydrogens (tertiary/aromatic N) is 2. The fourth-order valence-corrected chi connectivity index (χ4v) is 2.34. The monoisotopic (exact) mass is 276 g/mol. The highest BCUT2D eigenvalue weighted by atomic mass is 32.2. The van der Waals surface area contributed by atoms with Crippen LogP contribution in [0.25, 0.3) is 0 Å². The van der Waals surface area contributed by atoms with Crippen LogP contribution in [0.3, 0.4) is 0 Å². The first-order valence-corrected chi connectivity index (χ1v) is 5.91. The zero-order valence-corrected chi connectivity index (χ0v) is 10.1. The zero-order valence-electron chi connectivity index (χ0n) is 9.28. The van der Waals surface area contributed by atoms with Crippen LogP contribution in [0, 0.1) is 34.1 Å². The molecular weight excluding hydrogens is 268 g/mol. The summed E-state index contributed by atoms with van der Waals surface area (Å²) in [5.74, 6) is 0. The average molecular weight is 276 g/mol. The smallest absolute Gasteiger partial charge is 0.282 e. The van der Waals surface area contributed by atoms with E-state index in [9.17, 15) is 28.6 Å². The molecule has 1 aromatic carbocycles. The molecule has 0 amide bonds. The minimum Gasteiger partial charge on any atom is -0.282 e. The van der Waals surface area contributed by atoms with E-state index in [1.165, 1.54) is 0 Å². The van der Waals surface area contributed by atoms with Crippen molar-refractivity contribution >= 4 is 21.5 Å². The Kier molecular flexibility index (Phi) is 3.35. The molecule has 0 saturated heterocycles. The lowest BCUT2D eigenvalue weighted by Crippen LogP contribution is -2.07. The van der Waals surface area contributed by atoms with Crippen LogP contribution in [0.5, 0.6) is 0 Å². The molecule has 1 N–H and O–H groups in total. The highest BCUT2D eigenvalue weighted by molar-refractivity contribution is 7.85. The summed E-state index contributed by atoms with van der Waals surface area (Å²) in [7, 11) is -4.77. The number of hydrogen-bond donors (Lipinski definition) is 1. The maximum absolute atomic E-state index is 11.0. The van der Waals surface area contributed by atoms with Gasteiger partial charge in [-0.3, -0.25) is 24.8 Å². The highest BCUT2D eigenvalue weighted by Gasteiger charge is 2.31. The van der Waals surface area contributed by atoms with Gasteiger partial charge in [0.05, 0.1) is 9.85 Å². The van der Waals surface area contributed by atoms with E-state index in [0.29, 0.717) is 6.07 Å². The Bertz CT molecular complexity index is 650. The molecule has 0 atom stereocenters. The summed E-state index contributed by atoms with van der Waals surface area (Å²) in [6.45, 7) is 2.23. The molecule has 98 valence electrons. The molecule has 1 rings (SSSR count). The van der Waals surface area contributed by atoms with Crippen LogP contribution in [-0.4, -0.2) is 22.8 Å².